The molecule has 0 bridgehead atoms. The number of carbonyl (C=O) groups is 1. The summed E-state index contributed by atoms with van der Waals surface area (Å²) >= 11 is 0. The summed E-state index contributed by atoms with van der Waals surface area (Å²) in [5.41, 5.74) is 1.21. The van der Waals surface area contributed by atoms with Gasteiger partial charge >= 0.3 is 5.97 Å². The van der Waals surface area contributed by atoms with Gasteiger partial charge in [0.1, 0.15) is 6.54 Å². The Morgan fingerprint density at radius 2 is 2.00 bits per heavy atom. The van der Waals surface area contributed by atoms with Crippen molar-refractivity contribution in [1.29, 1.82) is 0 Å². The lowest BCUT2D eigenvalue weighted by Crippen LogP contribution is -2.01. The van der Waals surface area contributed by atoms with Crippen molar-refractivity contribution in [3.63, 3.8) is 0 Å². The molecule has 3 aromatic rings. The van der Waals surface area contributed by atoms with Crippen molar-refractivity contribution < 1.29 is 14.3 Å². The smallest absolute Gasteiger partial charge is 0.309 e. The van der Waals surface area contributed by atoms with Crippen LogP contribution in [0.25, 0.3) is 11.5 Å². The first-order valence-corrected chi connectivity index (χ1v) is 6.19. The minimum absolute atomic E-state index is 0.168. The van der Waals surface area contributed by atoms with Gasteiger partial charge in [-0.05, 0) is 12.1 Å². The molecule has 0 amide bonds. The number of carboxylic acids is 1. The van der Waals surface area contributed by atoms with E-state index in [4.69, 9.17) is 9.52 Å². The standard InChI is InChI=1S/C13H11N5O3/c19-12(20)6-10-7-18(17-14-10)8-11-15-16-13(21-11)9-4-2-1-3-5-9/h1-5,7H,6,8H2,(H,19,20). The van der Waals surface area contributed by atoms with E-state index >= 15 is 0 Å². The summed E-state index contributed by atoms with van der Waals surface area (Å²) in [5.74, 6) is -0.150. The number of hydrogen-bond donors (Lipinski definition) is 1. The van der Waals surface area contributed by atoms with Crippen LogP contribution in [0.1, 0.15) is 11.6 Å². The molecule has 2 heterocycles. The molecule has 0 aliphatic carbocycles. The second-order valence-electron chi connectivity index (χ2n) is 4.34. The first-order chi connectivity index (χ1) is 10.2. The van der Waals surface area contributed by atoms with Crippen LogP contribution in [0.3, 0.4) is 0 Å². The Balaban J connectivity index is 1.73. The summed E-state index contributed by atoms with van der Waals surface area (Å²) in [6, 6.07) is 9.42. The first-order valence-electron chi connectivity index (χ1n) is 6.19. The second-order valence-corrected chi connectivity index (χ2v) is 4.34. The van der Waals surface area contributed by atoms with Gasteiger partial charge in [-0.15, -0.1) is 15.3 Å². The fourth-order valence-electron chi connectivity index (χ4n) is 1.81. The normalized spacial score (nSPS) is 10.7. The Morgan fingerprint density at radius 3 is 2.76 bits per heavy atom. The predicted molar refractivity (Wildman–Crippen MR) is 70.2 cm³/mol. The van der Waals surface area contributed by atoms with E-state index in [2.05, 4.69) is 20.5 Å². The minimum Gasteiger partial charge on any atom is -0.481 e. The zero-order chi connectivity index (χ0) is 14.7. The average Bonchev–Trinajstić information content (AvgIpc) is 3.09. The van der Waals surface area contributed by atoms with Gasteiger partial charge in [-0.2, -0.15) is 0 Å². The molecular weight excluding hydrogens is 274 g/mol. The van der Waals surface area contributed by atoms with Gasteiger partial charge in [-0.25, -0.2) is 4.68 Å². The van der Waals surface area contributed by atoms with Gasteiger partial charge in [0.05, 0.1) is 12.1 Å². The maximum Gasteiger partial charge on any atom is 0.309 e. The SMILES string of the molecule is O=C(O)Cc1cn(Cc2nnc(-c3ccccc3)o2)nn1. The van der Waals surface area contributed by atoms with Crippen LogP contribution in [0, 0.1) is 0 Å². The Hall–Kier alpha value is -3.03. The molecule has 0 aliphatic heterocycles. The summed E-state index contributed by atoms with van der Waals surface area (Å²) in [6.07, 6.45) is 1.37. The van der Waals surface area contributed by atoms with Gasteiger partial charge in [0.15, 0.2) is 0 Å². The van der Waals surface area contributed by atoms with Gasteiger partial charge in [0.25, 0.3) is 0 Å². The van der Waals surface area contributed by atoms with Crippen LogP contribution in [-0.4, -0.2) is 36.3 Å². The lowest BCUT2D eigenvalue weighted by Gasteiger charge is -1.94. The summed E-state index contributed by atoms with van der Waals surface area (Å²) < 4.78 is 7.00. The lowest BCUT2D eigenvalue weighted by molar-refractivity contribution is -0.136. The van der Waals surface area contributed by atoms with Crippen LogP contribution >= 0.6 is 0 Å². The van der Waals surface area contributed by atoms with Gasteiger partial charge in [0, 0.05) is 11.8 Å². The molecule has 0 saturated heterocycles. The molecule has 3 rings (SSSR count). The van der Waals surface area contributed by atoms with Gasteiger partial charge in [-0.1, -0.05) is 23.4 Å². The summed E-state index contributed by atoms with van der Waals surface area (Å²) in [6.45, 7) is 0.243. The number of hydrogen-bond acceptors (Lipinski definition) is 6. The highest BCUT2D eigenvalue weighted by molar-refractivity contribution is 5.69. The highest BCUT2D eigenvalue weighted by Crippen LogP contribution is 2.17. The summed E-state index contributed by atoms with van der Waals surface area (Å²) in [4.78, 5) is 10.6. The quantitative estimate of drug-likeness (QED) is 0.745. The molecule has 106 valence electrons. The molecule has 0 radical (unpaired) electrons. The highest BCUT2D eigenvalue weighted by Gasteiger charge is 2.11. The third-order valence-corrected chi connectivity index (χ3v) is 2.70. The molecule has 1 aromatic carbocycles. The lowest BCUT2D eigenvalue weighted by atomic mass is 10.2. The van der Waals surface area contributed by atoms with Crippen molar-refractivity contribution in [2.75, 3.05) is 0 Å². The molecule has 0 saturated carbocycles. The molecule has 0 atom stereocenters. The van der Waals surface area contributed by atoms with Crippen LogP contribution in [0.4, 0.5) is 0 Å². The van der Waals surface area contributed by atoms with Gasteiger partial charge < -0.3 is 9.52 Å². The Labute approximate surface area is 119 Å². The van der Waals surface area contributed by atoms with E-state index in [0.29, 0.717) is 17.5 Å². The van der Waals surface area contributed by atoms with E-state index in [1.54, 1.807) is 6.20 Å². The van der Waals surface area contributed by atoms with Crippen molar-refractivity contribution in [3.05, 3.63) is 48.1 Å². The van der Waals surface area contributed by atoms with Crippen LogP contribution in [0.15, 0.2) is 40.9 Å². The number of aliphatic carboxylic acids is 1. The van der Waals surface area contributed by atoms with Gasteiger partial charge in [0.2, 0.25) is 11.8 Å². The molecule has 8 heteroatoms. The van der Waals surface area contributed by atoms with E-state index in [9.17, 15) is 4.79 Å². The maximum absolute atomic E-state index is 10.6. The minimum atomic E-state index is -0.953. The number of benzene rings is 1. The zero-order valence-corrected chi connectivity index (χ0v) is 10.9. The third kappa shape index (κ3) is 3.11. The van der Waals surface area contributed by atoms with E-state index in [0.717, 1.165) is 5.56 Å². The molecule has 0 unspecified atom stereocenters. The van der Waals surface area contributed by atoms with E-state index in [1.165, 1.54) is 4.68 Å². The van der Waals surface area contributed by atoms with Crippen molar-refractivity contribution in [2.45, 2.75) is 13.0 Å². The molecule has 0 aliphatic rings. The van der Waals surface area contributed by atoms with E-state index in [1.807, 2.05) is 30.3 Å². The average molecular weight is 285 g/mol. The molecule has 2 aromatic heterocycles. The summed E-state index contributed by atoms with van der Waals surface area (Å²) in [7, 11) is 0. The molecule has 1 N–H and O–H groups in total. The molecule has 0 spiro atoms. The fraction of sp³-hybridized carbons (Fsp3) is 0.154. The Morgan fingerprint density at radius 1 is 1.19 bits per heavy atom. The molecular formula is C13H11N5O3. The highest BCUT2D eigenvalue weighted by atomic mass is 16.4. The first kappa shape index (κ1) is 13.0. The molecule has 0 fully saturated rings. The zero-order valence-electron chi connectivity index (χ0n) is 10.9. The predicted octanol–water partition coefficient (Wildman–Crippen LogP) is 1.00. The van der Waals surface area contributed by atoms with Crippen LogP contribution in [0.5, 0.6) is 0 Å². The number of rotatable bonds is 5. The largest absolute Gasteiger partial charge is 0.481 e. The van der Waals surface area contributed by atoms with Gasteiger partial charge in [-0.3, -0.25) is 4.79 Å². The van der Waals surface area contributed by atoms with Crippen molar-refractivity contribution >= 4 is 5.97 Å². The number of carboxylic acid groups (broad SMARTS) is 1. The Bertz CT molecular complexity index is 750. The fourth-order valence-corrected chi connectivity index (χ4v) is 1.81. The molecule has 8 nitrogen and oxygen atoms in total. The van der Waals surface area contributed by atoms with Crippen molar-refractivity contribution in [2.24, 2.45) is 0 Å². The van der Waals surface area contributed by atoms with E-state index in [-0.39, 0.29) is 13.0 Å². The van der Waals surface area contributed by atoms with Crippen molar-refractivity contribution in [3.8, 4) is 11.5 Å². The Kier molecular flexibility index (Phi) is 3.42. The monoisotopic (exact) mass is 285 g/mol. The topological polar surface area (TPSA) is 107 Å². The third-order valence-electron chi connectivity index (χ3n) is 2.70. The van der Waals surface area contributed by atoms with Crippen LogP contribution in [0.2, 0.25) is 0 Å². The van der Waals surface area contributed by atoms with Crippen LogP contribution in [-0.2, 0) is 17.8 Å². The number of aromatic nitrogens is 5. The number of nitrogens with zero attached hydrogens (tertiary/aromatic N) is 5. The summed E-state index contributed by atoms with van der Waals surface area (Å²) in [5, 5.41) is 24.2. The van der Waals surface area contributed by atoms with Crippen molar-refractivity contribution in [1.82, 2.24) is 25.2 Å². The maximum atomic E-state index is 10.6. The molecule has 21 heavy (non-hydrogen) atoms. The van der Waals surface area contributed by atoms with E-state index < -0.39 is 5.97 Å². The second kappa shape index (κ2) is 5.53. The van der Waals surface area contributed by atoms with Crippen LogP contribution < -0.4 is 0 Å².